The van der Waals surface area contributed by atoms with E-state index >= 15 is 0 Å². The van der Waals surface area contributed by atoms with Crippen LogP contribution in [0.5, 0.6) is 0 Å². The minimum absolute atomic E-state index is 0.460. The second kappa shape index (κ2) is 6.49. The topological polar surface area (TPSA) is 37.3 Å². The fraction of sp³-hybridized carbons (Fsp3) is 0.750. The van der Waals surface area contributed by atoms with Crippen LogP contribution in [0.4, 0.5) is 26.3 Å². The van der Waals surface area contributed by atoms with E-state index in [1.165, 1.54) is 0 Å². The summed E-state index contributed by atoms with van der Waals surface area (Å²) in [6.07, 6.45) is -11.8. The van der Waals surface area contributed by atoms with Gasteiger partial charge in [-0.05, 0) is 6.92 Å². The zero-order valence-electron chi connectivity index (χ0n) is 11.2. The van der Waals surface area contributed by atoms with Gasteiger partial charge in [-0.15, -0.1) is 0 Å². The van der Waals surface area contributed by atoms with Crippen molar-refractivity contribution in [3.05, 3.63) is 11.3 Å². The van der Waals surface area contributed by atoms with Gasteiger partial charge in [-0.1, -0.05) is 13.8 Å². The quantitative estimate of drug-likeness (QED) is 0.459. The van der Waals surface area contributed by atoms with Gasteiger partial charge >= 0.3 is 12.4 Å². The lowest BCUT2D eigenvalue weighted by molar-refractivity contribution is -0.150. The number of carbonyl (C=O) groups excluding carboxylic acids is 1. The van der Waals surface area contributed by atoms with Crippen molar-refractivity contribution in [2.75, 3.05) is 0 Å². The van der Waals surface area contributed by atoms with E-state index in [4.69, 9.17) is 0 Å². The lowest BCUT2D eigenvalue weighted by Gasteiger charge is -2.18. The molecule has 0 rings (SSSR count). The first-order valence-corrected chi connectivity index (χ1v) is 5.82. The Kier molecular flexibility index (Phi) is 6.10. The van der Waals surface area contributed by atoms with Gasteiger partial charge in [-0.2, -0.15) is 26.3 Å². The number of aliphatic hydroxyl groups is 1. The molecule has 0 bridgehead atoms. The molecule has 0 saturated heterocycles. The van der Waals surface area contributed by atoms with Gasteiger partial charge in [0, 0.05) is 17.4 Å². The van der Waals surface area contributed by atoms with E-state index in [9.17, 15) is 36.2 Å². The molecule has 0 aromatic carbocycles. The first-order chi connectivity index (χ1) is 8.74. The van der Waals surface area contributed by atoms with Gasteiger partial charge in [0.2, 0.25) is 0 Å². The number of ketones is 1. The third kappa shape index (κ3) is 6.81. The molecule has 0 aromatic heterocycles. The van der Waals surface area contributed by atoms with Crippen molar-refractivity contribution in [3.8, 4) is 0 Å². The van der Waals surface area contributed by atoms with Crippen LogP contribution in [0.2, 0.25) is 0 Å². The number of aliphatic hydroxyl groups excluding tert-OH is 1. The Morgan fingerprint density at radius 1 is 0.950 bits per heavy atom. The second-order valence-electron chi connectivity index (χ2n) is 4.82. The van der Waals surface area contributed by atoms with Gasteiger partial charge in [-0.3, -0.25) is 4.79 Å². The Morgan fingerprint density at radius 2 is 1.30 bits per heavy atom. The lowest BCUT2D eigenvalue weighted by atomic mass is 9.92. The zero-order chi connectivity index (χ0) is 16.3. The number of Topliss-reactive ketones (excluding diaryl/α,β-unsaturated/α-hetero) is 1. The molecule has 0 fully saturated rings. The van der Waals surface area contributed by atoms with Crippen molar-refractivity contribution in [1.29, 1.82) is 0 Å². The molecule has 20 heavy (non-hydrogen) atoms. The first kappa shape index (κ1) is 18.8. The van der Waals surface area contributed by atoms with E-state index in [1.54, 1.807) is 0 Å². The second-order valence-corrected chi connectivity index (χ2v) is 4.82. The standard InChI is InChI=1S/C12H16F6O2/c1-6(4-11(13,14)15)9(19)8(3)10(20)7(2)5-12(16,17)18/h6-7,19H,4-5H2,1-3H3/b9-8-. The predicted molar refractivity (Wildman–Crippen MR) is 60.0 cm³/mol. The molecule has 118 valence electrons. The Hall–Kier alpha value is -1.21. The van der Waals surface area contributed by atoms with Crippen LogP contribution in [0.25, 0.3) is 0 Å². The summed E-state index contributed by atoms with van der Waals surface area (Å²) in [5, 5.41) is 9.54. The Bertz CT molecular complexity index is 380. The van der Waals surface area contributed by atoms with Crippen molar-refractivity contribution in [2.24, 2.45) is 11.8 Å². The van der Waals surface area contributed by atoms with Crippen molar-refractivity contribution in [2.45, 2.75) is 46.0 Å². The molecule has 0 saturated carbocycles. The van der Waals surface area contributed by atoms with E-state index in [2.05, 4.69) is 0 Å². The fourth-order valence-corrected chi connectivity index (χ4v) is 1.75. The molecular formula is C12H16F6O2. The molecule has 1 N–H and O–H groups in total. The average molecular weight is 306 g/mol. The third-order valence-corrected chi connectivity index (χ3v) is 2.74. The highest BCUT2D eigenvalue weighted by Crippen LogP contribution is 2.31. The van der Waals surface area contributed by atoms with Gasteiger partial charge in [0.1, 0.15) is 5.76 Å². The Balaban J connectivity index is 4.96. The lowest BCUT2D eigenvalue weighted by Crippen LogP contribution is -2.23. The monoisotopic (exact) mass is 306 g/mol. The van der Waals surface area contributed by atoms with E-state index in [0.717, 1.165) is 20.8 Å². The molecule has 2 nitrogen and oxygen atoms in total. The molecule has 0 aliphatic carbocycles. The van der Waals surface area contributed by atoms with E-state index in [1.807, 2.05) is 0 Å². The van der Waals surface area contributed by atoms with Crippen molar-refractivity contribution in [1.82, 2.24) is 0 Å². The molecule has 0 spiro atoms. The number of hydrogen-bond acceptors (Lipinski definition) is 2. The average Bonchev–Trinajstić information content (AvgIpc) is 2.21. The van der Waals surface area contributed by atoms with E-state index < -0.39 is 54.1 Å². The summed E-state index contributed by atoms with van der Waals surface area (Å²) >= 11 is 0. The summed E-state index contributed by atoms with van der Waals surface area (Å²) in [5.74, 6) is -4.65. The minimum atomic E-state index is -4.55. The van der Waals surface area contributed by atoms with E-state index in [0.29, 0.717) is 0 Å². The number of halogens is 6. The van der Waals surface area contributed by atoms with Crippen LogP contribution in [0.1, 0.15) is 33.6 Å². The number of hydrogen-bond donors (Lipinski definition) is 1. The summed E-state index contributed by atoms with van der Waals surface area (Å²) in [6, 6.07) is 0. The van der Waals surface area contributed by atoms with E-state index in [-0.39, 0.29) is 0 Å². The molecule has 0 aromatic rings. The Morgan fingerprint density at radius 3 is 1.65 bits per heavy atom. The number of carbonyl (C=O) groups is 1. The van der Waals surface area contributed by atoms with Gasteiger partial charge in [-0.25, -0.2) is 0 Å². The normalized spacial score (nSPS) is 17.4. The minimum Gasteiger partial charge on any atom is -0.512 e. The van der Waals surface area contributed by atoms with Gasteiger partial charge in [0.25, 0.3) is 0 Å². The van der Waals surface area contributed by atoms with Gasteiger partial charge < -0.3 is 5.11 Å². The fourth-order valence-electron chi connectivity index (χ4n) is 1.75. The van der Waals surface area contributed by atoms with Crippen LogP contribution in [0.3, 0.4) is 0 Å². The highest BCUT2D eigenvalue weighted by Gasteiger charge is 2.35. The summed E-state index contributed by atoms with van der Waals surface area (Å²) in [5.41, 5.74) is -0.460. The summed E-state index contributed by atoms with van der Waals surface area (Å²) < 4.78 is 72.8. The summed E-state index contributed by atoms with van der Waals surface area (Å²) in [4.78, 5) is 11.6. The maximum Gasteiger partial charge on any atom is 0.389 e. The molecule has 0 heterocycles. The van der Waals surface area contributed by atoms with Crippen LogP contribution in [0.15, 0.2) is 11.3 Å². The van der Waals surface area contributed by atoms with Crippen LogP contribution in [-0.4, -0.2) is 23.2 Å². The molecule has 8 heteroatoms. The smallest absolute Gasteiger partial charge is 0.389 e. The van der Waals surface area contributed by atoms with Crippen molar-refractivity contribution >= 4 is 5.78 Å². The maximum absolute atomic E-state index is 12.1. The highest BCUT2D eigenvalue weighted by atomic mass is 19.4. The molecular weight excluding hydrogens is 290 g/mol. The maximum atomic E-state index is 12.1. The number of rotatable bonds is 5. The van der Waals surface area contributed by atoms with Crippen LogP contribution >= 0.6 is 0 Å². The first-order valence-electron chi connectivity index (χ1n) is 5.82. The van der Waals surface area contributed by atoms with Gasteiger partial charge in [0.05, 0.1) is 12.8 Å². The van der Waals surface area contributed by atoms with Crippen LogP contribution in [-0.2, 0) is 4.79 Å². The zero-order valence-corrected chi connectivity index (χ0v) is 11.2. The highest BCUT2D eigenvalue weighted by molar-refractivity contribution is 5.96. The molecule has 2 unspecified atom stereocenters. The predicted octanol–water partition coefficient (Wildman–Crippen LogP) is 4.56. The number of allylic oxidation sites excluding steroid dienone is 2. The van der Waals surface area contributed by atoms with Crippen LogP contribution in [0, 0.1) is 11.8 Å². The summed E-state index contributed by atoms with van der Waals surface area (Å²) in [6.45, 7) is 3.09. The van der Waals surface area contributed by atoms with Crippen LogP contribution < -0.4 is 0 Å². The molecule has 0 radical (unpaired) electrons. The SMILES string of the molecule is C/C(C(=O)C(C)CC(F)(F)F)=C(/O)C(C)CC(F)(F)F. The molecule has 0 amide bonds. The van der Waals surface area contributed by atoms with Crippen molar-refractivity contribution < 1.29 is 36.2 Å². The Labute approximate surface area is 112 Å². The molecule has 2 atom stereocenters. The largest absolute Gasteiger partial charge is 0.512 e. The third-order valence-electron chi connectivity index (χ3n) is 2.74. The molecule has 0 aliphatic rings. The molecule has 0 aliphatic heterocycles. The van der Waals surface area contributed by atoms with Crippen molar-refractivity contribution in [3.63, 3.8) is 0 Å². The summed E-state index contributed by atoms with van der Waals surface area (Å²) in [7, 11) is 0. The van der Waals surface area contributed by atoms with Gasteiger partial charge in [0.15, 0.2) is 5.78 Å². The number of alkyl halides is 6.